The number of hydrogen-bond acceptors (Lipinski definition) is 13. The minimum Gasteiger partial charge on any atom is -0.483 e. The molecule has 3 atom stereocenters. The summed E-state index contributed by atoms with van der Waals surface area (Å²) in [6.45, 7) is 0. The molecule has 1 spiro atoms. The van der Waals surface area contributed by atoms with E-state index in [2.05, 4.69) is 6.07 Å². The molecule has 1 aromatic rings. The van der Waals surface area contributed by atoms with Crippen LogP contribution in [0.15, 0.2) is 56.5 Å². The Bertz CT molecular complexity index is 1740. The SMILES string of the molecule is COC(=O)C1=C(C(=O)OC)[C@@H]2Oc3ccccc3[C@@]3(OC(=NC4CCCCC4)C(C(=O)OC)=C3C(=O)OC)[C@]2(C#N)C1=NC1CCCCC1. The maximum atomic E-state index is 14.2. The summed E-state index contributed by atoms with van der Waals surface area (Å²) >= 11 is 0. The first-order valence-electron chi connectivity index (χ1n) is 16.6. The fraction of sp³-hybridized carbons (Fsp3) is 0.528. The number of carbonyl (C=O) groups is 4. The number of esters is 4. The molecule has 0 amide bonds. The van der Waals surface area contributed by atoms with Crippen molar-refractivity contribution < 1.29 is 47.6 Å². The highest BCUT2D eigenvalue weighted by Gasteiger charge is 2.78. The fourth-order valence-electron chi connectivity index (χ4n) is 7.98. The minimum atomic E-state index is -2.29. The second-order valence-corrected chi connectivity index (χ2v) is 12.7. The van der Waals surface area contributed by atoms with Crippen molar-refractivity contribution >= 4 is 35.5 Å². The molecule has 0 N–H and O–H groups in total. The zero-order chi connectivity index (χ0) is 34.9. The molecule has 5 aliphatic rings. The summed E-state index contributed by atoms with van der Waals surface area (Å²) in [5, 5.41) is 11.7. The quantitative estimate of drug-likeness (QED) is 0.316. The Hall–Kier alpha value is -4.99. The first kappa shape index (κ1) is 33.9. The van der Waals surface area contributed by atoms with Crippen molar-refractivity contribution in [2.75, 3.05) is 28.4 Å². The van der Waals surface area contributed by atoms with Gasteiger partial charge in [0.15, 0.2) is 11.5 Å². The topological polar surface area (TPSA) is 172 Å². The Kier molecular flexibility index (Phi) is 9.33. The van der Waals surface area contributed by atoms with Gasteiger partial charge in [0.25, 0.3) is 0 Å². The summed E-state index contributed by atoms with van der Waals surface area (Å²) in [6.07, 6.45) is 6.62. The van der Waals surface area contributed by atoms with Crippen molar-refractivity contribution in [3.8, 4) is 11.8 Å². The van der Waals surface area contributed by atoms with Crippen LogP contribution in [0, 0.1) is 16.7 Å². The van der Waals surface area contributed by atoms with Crippen LogP contribution in [-0.2, 0) is 48.5 Å². The number of rotatable bonds is 6. The van der Waals surface area contributed by atoms with Gasteiger partial charge in [-0.2, -0.15) is 5.26 Å². The van der Waals surface area contributed by atoms with E-state index in [1.54, 1.807) is 24.3 Å². The highest BCUT2D eigenvalue weighted by atomic mass is 16.6. The van der Waals surface area contributed by atoms with Crippen LogP contribution in [0.2, 0.25) is 0 Å². The smallest absolute Gasteiger partial charge is 0.344 e. The Labute approximate surface area is 283 Å². The molecule has 2 saturated carbocycles. The highest BCUT2D eigenvalue weighted by molar-refractivity contribution is 6.32. The lowest BCUT2D eigenvalue weighted by atomic mass is 9.59. The van der Waals surface area contributed by atoms with Crippen LogP contribution in [-0.4, -0.2) is 82.1 Å². The second-order valence-electron chi connectivity index (χ2n) is 12.7. The maximum Gasteiger partial charge on any atom is 0.344 e. The van der Waals surface area contributed by atoms with Crippen LogP contribution in [0.4, 0.5) is 0 Å². The predicted octanol–water partition coefficient (Wildman–Crippen LogP) is 3.99. The van der Waals surface area contributed by atoms with Crippen LogP contribution >= 0.6 is 0 Å². The van der Waals surface area contributed by atoms with Crippen molar-refractivity contribution in [2.24, 2.45) is 15.4 Å². The van der Waals surface area contributed by atoms with Gasteiger partial charge in [-0.15, -0.1) is 0 Å². The number of nitriles is 1. The molecule has 13 nitrogen and oxygen atoms in total. The maximum absolute atomic E-state index is 14.2. The monoisotopic (exact) mass is 673 g/mol. The van der Waals surface area contributed by atoms with Gasteiger partial charge < -0.3 is 28.4 Å². The lowest BCUT2D eigenvalue weighted by Gasteiger charge is -2.49. The van der Waals surface area contributed by atoms with E-state index < -0.39 is 41.0 Å². The van der Waals surface area contributed by atoms with E-state index in [-0.39, 0.29) is 57.3 Å². The molecule has 0 aromatic heterocycles. The summed E-state index contributed by atoms with van der Waals surface area (Å²) in [5.41, 5.74) is -5.95. The number of fused-ring (bicyclic) bond motifs is 4. The molecule has 2 heterocycles. The number of para-hydroxylation sites is 1. The average Bonchev–Trinajstić information content (AvgIpc) is 3.62. The summed E-state index contributed by atoms with van der Waals surface area (Å²) in [7, 11) is 4.58. The van der Waals surface area contributed by atoms with Crippen molar-refractivity contribution in [1.29, 1.82) is 5.26 Å². The molecule has 0 bridgehead atoms. The number of ether oxygens (including phenoxy) is 6. The number of hydrogen-bond donors (Lipinski definition) is 0. The summed E-state index contributed by atoms with van der Waals surface area (Å²) in [5.74, 6) is -3.99. The lowest BCUT2D eigenvalue weighted by Crippen LogP contribution is -2.62. The largest absolute Gasteiger partial charge is 0.483 e. The Morgan fingerprint density at radius 3 is 1.88 bits per heavy atom. The third-order valence-electron chi connectivity index (χ3n) is 10.2. The van der Waals surface area contributed by atoms with Gasteiger partial charge in [0, 0.05) is 5.56 Å². The predicted molar refractivity (Wildman–Crippen MR) is 172 cm³/mol. The summed E-state index contributed by atoms with van der Waals surface area (Å²) in [4.78, 5) is 65.6. The van der Waals surface area contributed by atoms with Gasteiger partial charge in [-0.25, -0.2) is 24.2 Å². The summed E-state index contributed by atoms with van der Waals surface area (Å²) in [6, 6.07) is 8.21. The zero-order valence-corrected chi connectivity index (χ0v) is 28.0. The van der Waals surface area contributed by atoms with Crippen LogP contribution in [0.1, 0.15) is 69.8 Å². The van der Waals surface area contributed by atoms with Crippen molar-refractivity contribution in [1.82, 2.24) is 0 Å². The Balaban J connectivity index is 1.78. The number of methoxy groups -OCH3 is 4. The zero-order valence-electron chi connectivity index (χ0n) is 28.0. The van der Waals surface area contributed by atoms with Crippen LogP contribution in [0.5, 0.6) is 5.75 Å². The van der Waals surface area contributed by atoms with Gasteiger partial charge in [0.1, 0.15) is 16.9 Å². The van der Waals surface area contributed by atoms with Gasteiger partial charge in [0.2, 0.25) is 11.5 Å². The Morgan fingerprint density at radius 1 is 0.755 bits per heavy atom. The number of carbonyl (C=O) groups excluding carboxylic acids is 4. The summed E-state index contributed by atoms with van der Waals surface area (Å²) < 4.78 is 34.3. The van der Waals surface area contributed by atoms with Crippen molar-refractivity contribution in [3.63, 3.8) is 0 Å². The van der Waals surface area contributed by atoms with Gasteiger partial charge in [-0.05, 0) is 31.7 Å². The van der Waals surface area contributed by atoms with Crippen molar-refractivity contribution in [2.45, 2.75) is 88.0 Å². The molecular weight excluding hydrogens is 634 g/mol. The van der Waals surface area contributed by atoms with Gasteiger partial charge in [-0.1, -0.05) is 56.7 Å². The molecule has 6 rings (SSSR count). The molecule has 2 fully saturated rings. The van der Waals surface area contributed by atoms with E-state index in [9.17, 15) is 24.4 Å². The van der Waals surface area contributed by atoms with Crippen LogP contribution in [0.3, 0.4) is 0 Å². The molecule has 3 aliphatic carbocycles. The third-order valence-corrected chi connectivity index (χ3v) is 10.2. The molecule has 1 aromatic carbocycles. The molecule has 49 heavy (non-hydrogen) atoms. The second kappa shape index (κ2) is 13.5. The molecule has 13 heteroatoms. The van der Waals surface area contributed by atoms with Gasteiger partial charge in [0.05, 0.1) is 63.4 Å². The highest BCUT2D eigenvalue weighted by Crippen LogP contribution is 2.65. The Morgan fingerprint density at radius 2 is 1.31 bits per heavy atom. The average molecular weight is 674 g/mol. The molecular formula is C36H39N3O10. The number of nitrogens with zero attached hydrogens (tertiary/aromatic N) is 3. The van der Waals surface area contributed by atoms with Crippen LogP contribution in [0.25, 0.3) is 0 Å². The molecule has 2 aliphatic heterocycles. The first-order chi connectivity index (χ1) is 23.7. The van der Waals surface area contributed by atoms with E-state index in [0.717, 1.165) is 67.0 Å². The molecule has 0 radical (unpaired) electrons. The van der Waals surface area contributed by atoms with E-state index >= 15 is 0 Å². The standard InChI is InChI=1S/C36H39N3O10/c1-44-31(40)24-25(32(41)45-2)29-35(19-37,28(24)38-20-13-7-5-8-14-20)36(22-17-11-12-18-23(22)48-29)27(34(43)47-4)26(33(42)46-3)30(49-36)39-21-15-9-6-10-16-21/h11-12,17-18,20-21,29H,5-10,13-16H2,1-4H3/t29-,35+,36-/m0/s1. The fourth-order valence-corrected chi connectivity index (χ4v) is 7.98. The van der Waals surface area contributed by atoms with E-state index in [1.807, 2.05) is 0 Å². The molecule has 0 unspecified atom stereocenters. The van der Waals surface area contributed by atoms with E-state index in [0.29, 0.717) is 25.7 Å². The number of benzene rings is 1. The van der Waals surface area contributed by atoms with Gasteiger partial charge in [-0.3, -0.25) is 4.99 Å². The number of aliphatic imine (C=N–C) groups is 2. The molecule has 258 valence electrons. The first-order valence-corrected chi connectivity index (χ1v) is 16.6. The van der Waals surface area contributed by atoms with Crippen molar-refractivity contribution in [3.05, 3.63) is 52.1 Å². The van der Waals surface area contributed by atoms with E-state index in [1.165, 1.54) is 0 Å². The van der Waals surface area contributed by atoms with E-state index in [4.69, 9.17) is 38.4 Å². The molecule has 0 saturated heterocycles. The lowest BCUT2D eigenvalue weighted by molar-refractivity contribution is -0.143. The van der Waals surface area contributed by atoms with Gasteiger partial charge >= 0.3 is 23.9 Å². The third kappa shape index (κ3) is 5.11. The van der Waals surface area contributed by atoms with Crippen LogP contribution < -0.4 is 4.74 Å². The normalized spacial score (nSPS) is 28.3. The minimum absolute atomic E-state index is 0.118.